The zero-order valence-corrected chi connectivity index (χ0v) is 11.2. The van der Waals surface area contributed by atoms with Gasteiger partial charge in [0.2, 0.25) is 5.82 Å². The number of nitrogens with zero attached hydrogens (tertiary/aromatic N) is 2. The largest absolute Gasteiger partial charge is 0.384 e. The van der Waals surface area contributed by atoms with Gasteiger partial charge in [-0.05, 0) is 26.7 Å². The van der Waals surface area contributed by atoms with Crippen LogP contribution in [-0.4, -0.2) is 21.9 Å². The lowest BCUT2D eigenvalue weighted by Gasteiger charge is -2.29. The molecule has 0 saturated heterocycles. The highest BCUT2D eigenvalue weighted by atomic mass is 16.5. The van der Waals surface area contributed by atoms with Gasteiger partial charge >= 0.3 is 0 Å². The van der Waals surface area contributed by atoms with E-state index >= 15 is 0 Å². The molecule has 0 radical (unpaired) electrons. The van der Waals surface area contributed by atoms with Crippen molar-refractivity contribution in [2.75, 3.05) is 6.61 Å². The number of hydrogen-bond donors (Lipinski definition) is 1. The Labute approximate surface area is 108 Å². The summed E-state index contributed by atoms with van der Waals surface area (Å²) in [6.45, 7) is 4.25. The van der Waals surface area contributed by atoms with Crippen molar-refractivity contribution in [3.8, 4) is 0 Å². The molecule has 0 spiro atoms. The zero-order chi connectivity index (χ0) is 13.0. The fraction of sp³-hybridized carbons (Fsp3) is 0.846. The Morgan fingerprint density at radius 2 is 2.00 bits per heavy atom. The van der Waals surface area contributed by atoms with Crippen molar-refractivity contribution < 1.29 is 14.4 Å². The molecule has 0 bridgehead atoms. The van der Waals surface area contributed by atoms with Gasteiger partial charge < -0.3 is 14.4 Å². The Hall–Kier alpha value is -0.940. The molecule has 1 aliphatic rings. The summed E-state index contributed by atoms with van der Waals surface area (Å²) >= 11 is 0. The molecule has 1 atom stereocenters. The van der Waals surface area contributed by atoms with Gasteiger partial charge in [0.25, 0.3) is 5.89 Å². The van der Waals surface area contributed by atoms with Gasteiger partial charge in [-0.1, -0.05) is 30.8 Å². The van der Waals surface area contributed by atoms with E-state index in [1.807, 2.05) is 6.92 Å². The van der Waals surface area contributed by atoms with Gasteiger partial charge in [-0.3, -0.25) is 0 Å². The lowest BCUT2D eigenvalue weighted by atomic mass is 9.93. The Morgan fingerprint density at radius 1 is 1.33 bits per heavy atom. The molecule has 5 heteroatoms. The zero-order valence-electron chi connectivity index (χ0n) is 11.2. The van der Waals surface area contributed by atoms with Crippen molar-refractivity contribution in [1.82, 2.24) is 10.1 Å². The van der Waals surface area contributed by atoms with Crippen molar-refractivity contribution in [2.24, 2.45) is 0 Å². The fourth-order valence-corrected chi connectivity index (χ4v) is 2.60. The van der Waals surface area contributed by atoms with Crippen molar-refractivity contribution in [3.63, 3.8) is 0 Å². The number of rotatable bonds is 4. The molecule has 2 rings (SSSR count). The van der Waals surface area contributed by atoms with Crippen LogP contribution in [0.2, 0.25) is 0 Å². The topological polar surface area (TPSA) is 68.4 Å². The van der Waals surface area contributed by atoms with Gasteiger partial charge in [0.1, 0.15) is 11.7 Å². The molecule has 0 amide bonds. The normalized spacial score (nSPS) is 21.5. The second kappa shape index (κ2) is 5.80. The van der Waals surface area contributed by atoms with Crippen LogP contribution in [0.25, 0.3) is 0 Å². The van der Waals surface area contributed by atoms with E-state index in [1.165, 1.54) is 12.8 Å². The van der Waals surface area contributed by atoms with Crippen LogP contribution in [0.1, 0.15) is 70.2 Å². The van der Waals surface area contributed by atoms with E-state index in [1.54, 1.807) is 6.92 Å². The molecular weight excluding hydrogens is 232 g/mol. The van der Waals surface area contributed by atoms with Crippen LogP contribution in [0, 0.1) is 0 Å². The minimum atomic E-state index is -0.726. The van der Waals surface area contributed by atoms with E-state index in [4.69, 9.17) is 9.26 Å². The highest BCUT2D eigenvalue weighted by Crippen LogP contribution is 2.38. The molecule has 0 aromatic carbocycles. The predicted octanol–water partition coefficient (Wildman–Crippen LogP) is 2.71. The summed E-state index contributed by atoms with van der Waals surface area (Å²) in [6.07, 6.45) is 5.85. The summed E-state index contributed by atoms with van der Waals surface area (Å²) in [6, 6.07) is 0. The van der Waals surface area contributed by atoms with Crippen molar-refractivity contribution in [1.29, 1.82) is 0 Å². The summed E-state index contributed by atoms with van der Waals surface area (Å²) in [5.41, 5.74) is -0.415. The highest BCUT2D eigenvalue weighted by molar-refractivity contribution is 5.03. The molecule has 18 heavy (non-hydrogen) atoms. The van der Waals surface area contributed by atoms with E-state index in [-0.39, 0.29) is 5.89 Å². The fourth-order valence-electron chi connectivity index (χ4n) is 2.60. The van der Waals surface area contributed by atoms with E-state index in [9.17, 15) is 5.11 Å². The highest BCUT2D eigenvalue weighted by Gasteiger charge is 2.38. The van der Waals surface area contributed by atoms with E-state index in [0.717, 1.165) is 25.7 Å². The number of hydrogen-bond acceptors (Lipinski definition) is 5. The van der Waals surface area contributed by atoms with Gasteiger partial charge in [-0.2, -0.15) is 4.98 Å². The third-order valence-corrected chi connectivity index (χ3v) is 3.54. The first-order valence-electron chi connectivity index (χ1n) is 6.84. The van der Waals surface area contributed by atoms with Gasteiger partial charge in [0.05, 0.1) is 0 Å². The summed E-state index contributed by atoms with van der Waals surface area (Å²) in [5, 5.41) is 13.5. The lowest BCUT2D eigenvalue weighted by molar-refractivity contribution is -0.0636. The molecule has 1 saturated carbocycles. The first-order valence-corrected chi connectivity index (χ1v) is 6.84. The van der Waals surface area contributed by atoms with Gasteiger partial charge in [-0.25, -0.2) is 0 Å². The van der Waals surface area contributed by atoms with Gasteiger partial charge in [0.15, 0.2) is 0 Å². The average molecular weight is 254 g/mol. The molecule has 1 aromatic heterocycles. The number of aliphatic hydroxyl groups excluding tert-OH is 1. The monoisotopic (exact) mass is 254 g/mol. The molecule has 1 N–H and O–H groups in total. The quantitative estimate of drug-likeness (QED) is 0.837. The predicted molar refractivity (Wildman–Crippen MR) is 65.9 cm³/mol. The third-order valence-electron chi connectivity index (χ3n) is 3.54. The first-order chi connectivity index (χ1) is 8.68. The summed E-state index contributed by atoms with van der Waals surface area (Å²) in [7, 11) is 0. The Morgan fingerprint density at radius 3 is 2.50 bits per heavy atom. The second-order valence-corrected chi connectivity index (χ2v) is 4.97. The number of aliphatic hydroxyl groups is 1. The molecule has 1 heterocycles. The van der Waals surface area contributed by atoms with E-state index in [0.29, 0.717) is 12.4 Å². The van der Waals surface area contributed by atoms with Crippen molar-refractivity contribution in [3.05, 3.63) is 11.7 Å². The first kappa shape index (κ1) is 13.5. The maximum atomic E-state index is 9.47. The molecule has 0 aliphatic heterocycles. The van der Waals surface area contributed by atoms with Crippen LogP contribution in [0.15, 0.2) is 4.52 Å². The number of aromatic nitrogens is 2. The molecule has 1 aliphatic carbocycles. The molecule has 5 nitrogen and oxygen atoms in total. The molecule has 102 valence electrons. The smallest absolute Gasteiger partial charge is 0.255 e. The molecular formula is C13H22N2O3. The Bertz CT molecular complexity index is 368. The van der Waals surface area contributed by atoms with E-state index in [2.05, 4.69) is 10.1 Å². The molecule has 1 unspecified atom stereocenters. The van der Waals surface area contributed by atoms with Crippen LogP contribution in [0.3, 0.4) is 0 Å². The Kier molecular flexibility index (Phi) is 4.35. The van der Waals surface area contributed by atoms with Gasteiger partial charge in [0, 0.05) is 6.61 Å². The molecule has 1 fully saturated rings. The van der Waals surface area contributed by atoms with Crippen LogP contribution in [0.4, 0.5) is 0 Å². The lowest BCUT2D eigenvalue weighted by Crippen LogP contribution is -2.30. The second-order valence-electron chi connectivity index (χ2n) is 4.97. The minimum Gasteiger partial charge on any atom is -0.384 e. The summed E-state index contributed by atoms with van der Waals surface area (Å²) < 4.78 is 11.1. The summed E-state index contributed by atoms with van der Waals surface area (Å²) in [5.74, 6) is 0.871. The van der Waals surface area contributed by atoms with E-state index < -0.39 is 11.7 Å². The standard InChI is InChI=1S/C13H22N2O3/c1-3-17-13(8-6-4-5-7-9-13)12-14-11(10(2)16)18-15-12/h10,16H,3-9H2,1-2H3. The maximum absolute atomic E-state index is 9.47. The molecule has 1 aromatic rings. The van der Waals surface area contributed by atoms with Crippen molar-refractivity contribution in [2.45, 2.75) is 64.1 Å². The van der Waals surface area contributed by atoms with Crippen LogP contribution in [-0.2, 0) is 10.3 Å². The Balaban J connectivity index is 2.26. The summed E-state index contributed by atoms with van der Waals surface area (Å²) in [4.78, 5) is 4.31. The van der Waals surface area contributed by atoms with Gasteiger partial charge in [-0.15, -0.1) is 0 Å². The van der Waals surface area contributed by atoms with Crippen LogP contribution >= 0.6 is 0 Å². The average Bonchev–Trinajstić information content (AvgIpc) is 2.73. The minimum absolute atomic E-state index is 0.272. The van der Waals surface area contributed by atoms with Crippen molar-refractivity contribution >= 4 is 0 Å². The third kappa shape index (κ3) is 2.72. The van der Waals surface area contributed by atoms with Crippen LogP contribution in [0.5, 0.6) is 0 Å². The maximum Gasteiger partial charge on any atom is 0.255 e. The van der Waals surface area contributed by atoms with Crippen LogP contribution < -0.4 is 0 Å². The number of ether oxygens (including phenoxy) is 1. The SMILES string of the molecule is CCOC1(c2noc(C(C)O)n2)CCCCCC1.